The van der Waals surface area contributed by atoms with Crippen molar-refractivity contribution in [3.05, 3.63) is 11.6 Å². The summed E-state index contributed by atoms with van der Waals surface area (Å²) >= 11 is 0. The van der Waals surface area contributed by atoms with Crippen molar-refractivity contribution >= 4 is 5.71 Å². The van der Waals surface area contributed by atoms with Crippen LogP contribution in [0.25, 0.3) is 0 Å². The van der Waals surface area contributed by atoms with E-state index in [9.17, 15) is 10.2 Å². The largest absolute Gasteiger partial charge is 0.399 e. The lowest BCUT2D eigenvalue weighted by molar-refractivity contribution is -0.0828. The lowest BCUT2D eigenvalue weighted by Crippen LogP contribution is -2.51. The maximum absolute atomic E-state index is 10.5. The third-order valence-corrected chi connectivity index (χ3v) is 8.16. The van der Waals surface area contributed by atoms with Crippen molar-refractivity contribution in [2.45, 2.75) is 71.0 Å². The van der Waals surface area contributed by atoms with Gasteiger partial charge in [-0.1, -0.05) is 24.6 Å². The van der Waals surface area contributed by atoms with Gasteiger partial charge in [-0.25, -0.2) is 0 Å². The molecule has 0 spiro atoms. The molecule has 7 atom stereocenters. The highest BCUT2D eigenvalue weighted by atomic mass is 16.6. The van der Waals surface area contributed by atoms with Crippen LogP contribution in [0.5, 0.6) is 0 Å². The zero-order valence-electron chi connectivity index (χ0n) is 15.2. The van der Waals surface area contributed by atoms with E-state index in [0.717, 1.165) is 37.8 Å². The van der Waals surface area contributed by atoms with E-state index in [1.165, 1.54) is 12.8 Å². The summed E-state index contributed by atoms with van der Waals surface area (Å²) in [6, 6.07) is 0. The summed E-state index contributed by atoms with van der Waals surface area (Å²) in [5.74, 6) is 1.78. The monoisotopic (exact) mass is 333 g/mol. The predicted octanol–water partition coefficient (Wildman–Crippen LogP) is 3.28. The van der Waals surface area contributed by atoms with E-state index in [-0.39, 0.29) is 10.8 Å². The summed E-state index contributed by atoms with van der Waals surface area (Å²) in [6.45, 7) is 4.66. The van der Waals surface area contributed by atoms with Crippen LogP contribution in [0.3, 0.4) is 0 Å². The van der Waals surface area contributed by atoms with E-state index in [0.29, 0.717) is 17.8 Å². The van der Waals surface area contributed by atoms with E-state index >= 15 is 0 Å². The number of rotatable bonds is 1. The molecule has 0 heterocycles. The van der Waals surface area contributed by atoms with Crippen molar-refractivity contribution < 1.29 is 15.1 Å². The highest BCUT2D eigenvalue weighted by Gasteiger charge is 2.60. The summed E-state index contributed by atoms with van der Waals surface area (Å²) in [7, 11) is 1.62. The van der Waals surface area contributed by atoms with Crippen LogP contribution in [-0.2, 0) is 4.84 Å². The lowest BCUT2D eigenvalue weighted by Gasteiger charge is -2.57. The van der Waals surface area contributed by atoms with Crippen LogP contribution in [0, 0.1) is 28.6 Å². The standard InChI is InChI=1S/C20H31NO3/c1-19-8-6-13(21-24-3)10-12(19)4-5-14-15(19)7-9-20(2)16(14)11-17(22)18(20)23/h10,14-18,22-23H,4-9,11H2,1-3H3/b21-13+. The Balaban J connectivity index is 1.65. The molecule has 0 bridgehead atoms. The quantitative estimate of drug-likeness (QED) is 0.724. The molecule has 0 aromatic carbocycles. The second-order valence-electron chi connectivity index (χ2n) is 9.06. The minimum absolute atomic E-state index is 0.0878. The minimum Gasteiger partial charge on any atom is -0.399 e. The van der Waals surface area contributed by atoms with Gasteiger partial charge in [-0.3, -0.25) is 0 Å². The van der Waals surface area contributed by atoms with E-state index in [1.807, 2.05) is 0 Å². The first-order chi connectivity index (χ1) is 11.4. The van der Waals surface area contributed by atoms with Gasteiger partial charge in [0, 0.05) is 0 Å². The second kappa shape index (κ2) is 5.57. The first-order valence-corrected chi connectivity index (χ1v) is 9.57. The van der Waals surface area contributed by atoms with Gasteiger partial charge in [0.1, 0.15) is 7.11 Å². The molecule has 4 aliphatic rings. The predicted molar refractivity (Wildman–Crippen MR) is 93.5 cm³/mol. The Morgan fingerprint density at radius 1 is 1.12 bits per heavy atom. The van der Waals surface area contributed by atoms with Gasteiger partial charge in [-0.2, -0.15) is 0 Å². The molecule has 4 heteroatoms. The van der Waals surface area contributed by atoms with Crippen LogP contribution in [-0.4, -0.2) is 35.2 Å². The number of oxime groups is 1. The minimum atomic E-state index is -0.542. The third-order valence-electron chi connectivity index (χ3n) is 8.16. The summed E-state index contributed by atoms with van der Waals surface area (Å²) in [5, 5.41) is 25.0. The van der Waals surface area contributed by atoms with Gasteiger partial charge in [0.05, 0.1) is 17.9 Å². The van der Waals surface area contributed by atoms with Crippen LogP contribution < -0.4 is 0 Å². The first kappa shape index (κ1) is 16.6. The fourth-order valence-electron chi connectivity index (χ4n) is 6.75. The van der Waals surface area contributed by atoms with Crippen molar-refractivity contribution in [2.24, 2.45) is 33.7 Å². The molecule has 0 aromatic heterocycles. The second-order valence-corrected chi connectivity index (χ2v) is 9.06. The SMILES string of the molecule is CO/N=C1/C=C2CCC3C(CCC4(C)C(O)C(O)CC34)C2(C)CC1. The number of hydrogen-bond donors (Lipinski definition) is 2. The average molecular weight is 333 g/mol. The number of allylic oxidation sites excluding steroid dienone is 2. The number of aliphatic hydroxyl groups excluding tert-OH is 2. The zero-order chi connectivity index (χ0) is 17.1. The van der Waals surface area contributed by atoms with Crippen LogP contribution in [0.15, 0.2) is 16.8 Å². The molecule has 3 saturated carbocycles. The average Bonchev–Trinajstić information content (AvgIpc) is 2.79. The zero-order valence-corrected chi connectivity index (χ0v) is 15.2. The molecule has 4 aliphatic carbocycles. The molecule has 0 aromatic rings. The molecule has 0 saturated heterocycles. The molecule has 24 heavy (non-hydrogen) atoms. The van der Waals surface area contributed by atoms with Crippen LogP contribution >= 0.6 is 0 Å². The summed E-state index contributed by atoms with van der Waals surface area (Å²) in [5.41, 5.74) is 2.80. The first-order valence-electron chi connectivity index (χ1n) is 9.57. The molecule has 0 radical (unpaired) electrons. The number of nitrogens with zero attached hydrogens (tertiary/aromatic N) is 1. The summed E-state index contributed by atoms with van der Waals surface area (Å²) < 4.78 is 0. The Morgan fingerprint density at radius 3 is 2.67 bits per heavy atom. The van der Waals surface area contributed by atoms with Gasteiger partial charge >= 0.3 is 0 Å². The Morgan fingerprint density at radius 2 is 1.92 bits per heavy atom. The highest BCUT2D eigenvalue weighted by molar-refractivity contribution is 5.96. The summed E-state index contributed by atoms with van der Waals surface area (Å²) in [6.07, 6.45) is 8.66. The maximum atomic E-state index is 10.5. The van der Waals surface area contributed by atoms with Crippen LogP contribution in [0.4, 0.5) is 0 Å². The molecule has 7 unspecified atom stereocenters. The number of hydrogen-bond acceptors (Lipinski definition) is 4. The molecule has 4 nitrogen and oxygen atoms in total. The van der Waals surface area contributed by atoms with Crippen LogP contribution in [0.1, 0.15) is 58.8 Å². The van der Waals surface area contributed by atoms with Crippen molar-refractivity contribution in [3.63, 3.8) is 0 Å². The van der Waals surface area contributed by atoms with E-state index in [1.54, 1.807) is 12.7 Å². The lowest BCUT2D eigenvalue weighted by atomic mass is 9.47. The third kappa shape index (κ3) is 2.15. The maximum Gasteiger partial charge on any atom is 0.106 e. The Hall–Kier alpha value is -0.870. The van der Waals surface area contributed by atoms with E-state index in [4.69, 9.17) is 4.84 Å². The van der Waals surface area contributed by atoms with Gasteiger partial charge in [-0.05, 0) is 79.6 Å². The fraction of sp³-hybridized carbons (Fsp3) is 0.850. The normalized spacial score (nSPS) is 52.3. The van der Waals surface area contributed by atoms with Crippen molar-refractivity contribution in [1.82, 2.24) is 0 Å². The Kier molecular flexibility index (Phi) is 3.85. The Bertz CT molecular complexity index is 585. The molecular formula is C20H31NO3. The molecule has 2 N–H and O–H groups in total. The van der Waals surface area contributed by atoms with Gasteiger partial charge in [0.25, 0.3) is 0 Å². The van der Waals surface area contributed by atoms with Crippen molar-refractivity contribution in [1.29, 1.82) is 0 Å². The van der Waals surface area contributed by atoms with Crippen LogP contribution in [0.2, 0.25) is 0 Å². The van der Waals surface area contributed by atoms with Crippen molar-refractivity contribution in [3.8, 4) is 0 Å². The molecular weight excluding hydrogens is 302 g/mol. The molecule has 4 rings (SSSR count). The molecule has 3 fully saturated rings. The summed E-state index contributed by atoms with van der Waals surface area (Å²) in [4.78, 5) is 4.98. The Labute approximate surface area is 145 Å². The van der Waals surface area contributed by atoms with Gasteiger partial charge in [-0.15, -0.1) is 0 Å². The number of aliphatic hydroxyl groups is 2. The smallest absolute Gasteiger partial charge is 0.106 e. The topological polar surface area (TPSA) is 62.0 Å². The fourth-order valence-corrected chi connectivity index (χ4v) is 6.75. The number of fused-ring (bicyclic) bond motifs is 5. The molecule has 134 valence electrons. The van der Waals surface area contributed by atoms with E-state index in [2.05, 4.69) is 25.1 Å². The molecule has 0 aliphatic heterocycles. The van der Waals surface area contributed by atoms with Gasteiger partial charge in [0.15, 0.2) is 0 Å². The van der Waals surface area contributed by atoms with Crippen molar-refractivity contribution in [2.75, 3.05) is 7.11 Å². The van der Waals surface area contributed by atoms with Gasteiger partial charge in [0.2, 0.25) is 0 Å². The van der Waals surface area contributed by atoms with Gasteiger partial charge < -0.3 is 15.1 Å². The molecule has 0 amide bonds. The highest BCUT2D eigenvalue weighted by Crippen LogP contribution is 2.65. The van der Waals surface area contributed by atoms with E-state index < -0.39 is 12.2 Å².